The number of rotatable bonds is 12. The quantitative estimate of drug-likeness (QED) is 0.332. The molecule has 0 aromatic heterocycles. The van der Waals surface area contributed by atoms with Crippen molar-refractivity contribution in [2.24, 2.45) is 0 Å². The van der Waals surface area contributed by atoms with Crippen LogP contribution in [0.1, 0.15) is 45.6 Å². The van der Waals surface area contributed by atoms with Gasteiger partial charge in [-0.3, -0.25) is 9.59 Å². The Labute approximate surface area is 195 Å². The van der Waals surface area contributed by atoms with Crippen LogP contribution >= 0.6 is 23.4 Å². The highest BCUT2D eigenvalue weighted by molar-refractivity contribution is 7.99. The molecule has 2 atom stereocenters. The minimum Gasteiger partial charge on any atom is -0.352 e. The summed E-state index contributed by atoms with van der Waals surface area (Å²) in [6.45, 7) is 6.37. The van der Waals surface area contributed by atoms with Crippen molar-refractivity contribution in [3.05, 3.63) is 65.2 Å². The fraction of sp³-hybridized carbons (Fsp3) is 0.440. The molecule has 0 aliphatic rings. The standard InChI is InChI=1S/C25H33ClN2O2S/c1-4-19(2)27-25(30)20(3)28(17-16-21-9-6-5-7-10-21)24(29)11-8-18-31-23-14-12-22(26)13-15-23/h5-7,9-10,12-15,19-20H,4,8,11,16-18H2,1-3H3,(H,27,30)/t19-,20+/m0/s1. The Hall–Kier alpha value is -1.98. The molecule has 168 valence electrons. The zero-order valence-electron chi connectivity index (χ0n) is 18.6. The average molecular weight is 461 g/mol. The molecule has 2 aromatic rings. The molecule has 2 rings (SSSR count). The predicted molar refractivity (Wildman–Crippen MR) is 131 cm³/mol. The molecule has 6 heteroatoms. The molecule has 0 unspecified atom stereocenters. The summed E-state index contributed by atoms with van der Waals surface area (Å²) in [7, 11) is 0. The Bertz CT molecular complexity index is 814. The highest BCUT2D eigenvalue weighted by atomic mass is 35.5. The van der Waals surface area contributed by atoms with E-state index in [-0.39, 0.29) is 17.9 Å². The van der Waals surface area contributed by atoms with E-state index in [9.17, 15) is 9.59 Å². The Kier molecular flexibility index (Phi) is 11.0. The van der Waals surface area contributed by atoms with E-state index in [0.717, 1.165) is 40.5 Å². The predicted octanol–water partition coefficient (Wildman–Crippen LogP) is 5.59. The summed E-state index contributed by atoms with van der Waals surface area (Å²) >= 11 is 7.64. The largest absolute Gasteiger partial charge is 0.352 e. The van der Waals surface area contributed by atoms with Crippen LogP contribution in [0.3, 0.4) is 0 Å². The van der Waals surface area contributed by atoms with Gasteiger partial charge in [0.25, 0.3) is 0 Å². The van der Waals surface area contributed by atoms with E-state index in [0.29, 0.717) is 13.0 Å². The lowest BCUT2D eigenvalue weighted by molar-refractivity contribution is -0.140. The maximum Gasteiger partial charge on any atom is 0.242 e. The van der Waals surface area contributed by atoms with E-state index < -0.39 is 6.04 Å². The van der Waals surface area contributed by atoms with Gasteiger partial charge in [0, 0.05) is 28.9 Å². The maximum absolute atomic E-state index is 13.0. The van der Waals surface area contributed by atoms with Gasteiger partial charge in [-0.15, -0.1) is 11.8 Å². The molecule has 0 heterocycles. The molecule has 0 radical (unpaired) electrons. The summed E-state index contributed by atoms with van der Waals surface area (Å²) < 4.78 is 0. The second kappa shape index (κ2) is 13.4. The normalized spacial score (nSPS) is 12.8. The van der Waals surface area contributed by atoms with Crippen LogP contribution in [0.15, 0.2) is 59.5 Å². The van der Waals surface area contributed by atoms with Crippen LogP contribution in [0.4, 0.5) is 0 Å². The molecule has 0 aliphatic carbocycles. The number of carbonyl (C=O) groups excluding carboxylic acids is 2. The lowest BCUT2D eigenvalue weighted by Gasteiger charge is -2.29. The van der Waals surface area contributed by atoms with Gasteiger partial charge in [-0.25, -0.2) is 0 Å². The van der Waals surface area contributed by atoms with E-state index in [2.05, 4.69) is 17.4 Å². The number of nitrogens with one attached hydrogen (secondary N) is 1. The minimum absolute atomic E-state index is 0.0273. The van der Waals surface area contributed by atoms with Crippen LogP contribution in [0.5, 0.6) is 0 Å². The third-order valence-electron chi connectivity index (χ3n) is 5.27. The lowest BCUT2D eigenvalue weighted by atomic mass is 10.1. The molecule has 2 aromatic carbocycles. The molecular formula is C25H33ClN2O2S. The van der Waals surface area contributed by atoms with Crippen molar-refractivity contribution < 1.29 is 9.59 Å². The van der Waals surface area contributed by atoms with Gasteiger partial charge in [0.15, 0.2) is 0 Å². The number of hydrogen-bond acceptors (Lipinski definition) is 3. The van der Waals surface area contributed by atoms with Crippen LogP contribution in [-0.2, 0) is 16.0 Å². The summed E-state index contributed by atoms with van der Waals surface area (Å²) in [5.41, 5.74) is 1.16. The summed E-state index contributed by atoms with van der Waals surface area (Å²) in [6.07, 6.45) is 2.77. The van der Waals surface area contributed by atoms with E-state index in [1.165, 1.54) is 0 Å². The van der Waals surface area contributed by atoms with Gasteiger partial charge >= 0.3 is 0 Å². The van der Waals surface area contributed by atoms with Crippen LogP contribution in [0.2, 0.25) is 5.02 Å². The van der Waals surface area contributed by atoms with Crippen molar-refractivity contribution in [3.63, 3.8) is 0 Å². The van der Waals surface area contributed by atoms with E-state index >= 15 is 0 Å². The highest BCUT2D eigenvalue weighted by Gasteiger charge is 2.26. The van der Waals surface area contributed by atoms with Gasteiger partial charge in [0.2, 0.25) is 11.8 Å². The van der Waals surface area contributed by atoms with Crippen LogP contribution in [0, 0.1) is 0 Å². The zero-order chi connectivity index (χ0) is 22.6. The van der Waals surface area contributed by atoms with Crippen molar-refractivity contribution in [3.8, 4) is 0 Å². The molecule has 31 heavy (non-hydrogen) atoms. The second-order valence-electron chi connectivity index (χ2n) is 7.72. The SMILES string of the molecule is CC[C@H](C)NC(=O)[C@@H](C)N(CCc1ccccc1)C(=O)CCCSc1ccc(Cl)cc1. The van der Waals surface area contributed by atoms with Crippen LogP contribution < -0.4 is 5.32 Å². The first kappa shape index (κ1) is 25.3. The van der Waals surface area contributed by atoms with Crippen LogP contribution in [-0.4, -0.2) is 41.1 Å². The number of amides is 2. The third kappa shape index (κ3) is 8.96. The first-order chi connectivity index (χ1) is 14.9. The molecule has 0 fully saturated rings. The molecule has 0 saturated carbocycles. The first-order valence-electron chi connectivity index (χ1n) is 10.9. The van der Waals surface area contributed by atoms with Gasteiger partial charge < -0.3 is 10.2 Å². The highest BCUT2D eigenvalue weighted by Crippen LogP contribution is 2.21. The van der Waals surface area contributed by atoms with Crippen molar-refractivity contribution in [2.45, 2.75) is 63.4 Å². The van der Waals surface area contributed by atoms with Gasteiger partial charge in [-0.1, -0.05) is 48.9 Å². The second-order valence-corrected chi connectivity index (χ2v) is 9.33. The fourth-order valence-corrected chi connectivity index (χ4v) is 4.10. The number of carbonyl (C=O) groups is 2. The van der Waals surface area contributed by atoms with Gasteiger partial charge in [0.05, 0.1) is 0 Å². The van der Waals surface area contributed by atoms with E-state index in [1.54, 1.807) is 16.7 Å². The molecule has 0 spiro atoms. The Morgan fingerprint density at radius 2 is 1.74 bits per heavy atom. The Morgan fingerprint density at radius 1 is 1.06 bits per heavy atom. The minimum atomic E-state index is -0.492. The van der Waals surface area contributed by atoms with Crippen molar-refractivity contribution >= 4 is 35.2 Å². The Balaban J connectivity index is 1.93. The zero-order valence-corrected chi connectivity index (χ0v) is 20.2. The fourth-order valence-electron chi connectivity index (χ4n) is 3.12. The number of hydrogen-bond donors (Lipinski definition) is 1. The monoisotopic (exact) mass is 460 g/mol. The number of halogens is 1. The van der Waals surface area contributed by atoms with Gasteiger partial charge in [-0.05, 0) is 68.7 Å². The third-order valence-corrected chi connectivity index (χ3v) is 6.62. The van der Waals surface area contributed by atoms with Crippen molar-refractivity contribution in [2.75, 3.05) is 12.3 Å². The summed E-state index contributed by atoms with van der Waals surface area (Å²) in [4.78, 5) is 28.6. The Morgan fingerprint density at radius 3 is 2.39 bits per heavy atom. The first-order valence-corrected chi connectivity index (χ1v) is 12.3. The smallest absolute Gasteiger partial charge is 0.242 e. The molecule has 0 saturated heterocycles. The molecule has 0 aliphatic heterocycles. The topological polar surface area (TPSA) is 49.4 Å². The number of benzene rings is 2. The summed E-state index contributed by atoms with van der Waals surface area (Å²) in [6, 6.07) is 17.4. The number of nitrogens with zero attached hydrogens (tertiary/aromatic N) is 1. The summed E-state index contributed by atoms with van der Waals surface area (Å²) in [5, 5.41) is 3.73. The maximum atomic E-state index is 13.0. The summed E-state index contributed by atoms with van der Waals surface area (Å²) in [5.74, 6) is 0.776. The van der Waals surface area contributed by atoms with Crippen molar-refractivity contribution in [1.82, 2.24) is 10.2 Å². The molecule has 4 nitrogen and oxygen atoms in total. The average Bonchev–Trinajstić information content (AvgIpc) is 2.78. The van der Waals surface area contributed by atoms with Gasteiger partial charge in [-0.2, -0.15) is 0 Å². The van der Waals surface area contributed by atoms with Crippen LogP contribution in [0.25, 0.3) is 0 Å². The molecule has 2 amide bonds. The lowest BCUT2D eigenvalue weighted by Crippen LogP contribution is -2.50. The molecular weight excluding hydrogens is 428 g/mol. The van der Waals surface area contributed by atoms with E-state index in [1.807, 2.05) is 63.2 Å². The number of thioether (sulfide) groups is 1. The molecule has 0 bridgehead atoms. The van der Waals surface area contributed by atoms with Crippen molar-refractivity contribution in [1.29, 1.82) is 0 Å². The van der Waals surface area contributed by atoms with Gasteiger partial charge in [0.1, 0.15) is 6.04 Å². The van der Waals surface area contributed by atoms with E-state index in [4.69, 9.17) is 11.6 Å². The molecule has 1 N–H and O–H groups in total.